The van der Waals surface area contributed by atoms with Gasteiger partial charge in [0.25, 0.3) is 0 Å². The van der Waals surface area contributed by atoms with Crippen molar-refractivity contribution >= 4 is 16.9 Å². The Morgan fingerprint density at radius 1 is 1.24 bits per heavy atom. The molecule has 3 heterocycles. The number of benzene rings is 1. The van der Waals surface area contributed by atoms with Gasteiger partial charge in [0.05, 0.1) is 11.4 Å². The molecule has 4 nitrogen and oxygen atoms in total. The van der Waals surface area contributed by atoms with E-state index < -0.39 is 0 Å². The van der Waals surface area contributed by atoms with Crippen molar-refractivity contribution in [2.24, 2.45) is 0 Å². The zero-order valence-corrected chi connectivity index (χ0v) is 12.1. The molecule has 3 aromatic rings. The minimum atomic E-state index is 0.293. The number of rotatable bonds is 2. The van der Waals surface area contributed by atoms with Crippen LogP contribution in [0.4, 0.5) is 5.82 Å². The predicted molar refractivity (Wildman–Crippen MR) is 84.6 cm³/mol. The zero-order chi connectivity index (χ0) is 14.2. The van der Waals surface area contributed by atoms with E-state index in [0.29, 0.717) is 6.04 Å². The normalized spacial score (nSPS) is 17.5. The van der Waals surface area contributed by atoms with Crippen LogP contribution in [-0.2, 0) is 6.42 Å². The van der Waals surface area contributed by atoms with Crippen molar-refractivity contribution in [2.75, 3.05) is 11.9 Å². The number of aromatic nitrogens is 3. The monoisotopic (exact) mass is 278 g/mol. The fraction of sp³-hybridized carbons (Fsp3) is 0.294. The van der Waals surface area contributed by atoms with Crippen molar-refractivity contribution in [2.45, 2.75) is 25.8 Å². The van der Waals surface area contributed by atoms with E-state index in [2.05, 4.69) is 52.2 Å². The molecule has 0 radical (unpaired) electrons. The lowest BCUT2D eigenvalue weighted by atomic mass is 10.0. The molecule has 1 unspecified atom stereocenters. The third-order valence-electron chi connectivity index (χ3n) is 4.25. The first kappa shape index (κ1) is 12.4. The topological polar surface area (TPSA) is 42.7 Å². The first-order valence-electron chi connectivity index (χ1n) is 7.53. The lowest BCUT2D eigenvalue weighted by Gasteiger charge is -2.26. The van der Waals surface area contributed by atoms with Gasteiger partial charge in [-0.3, -0.25) is 0 Å². The van der Waals surface area contributed by atoms with E-state index in [0.717, 1.165) is 36.2 Å². The summed E-state index contributed by atoms with van der Waals surface area (Å²) in [5.74, 6) is 1.09. The van der Waals surface area contributed by atoms with Gasteiger partial charge in [0, 0.05) is 12.7 Å². The molecule has 2 aromatic heterocycles. The van der Waals surface area contributed by atoms with Gasteiger partial charge in [-0.25, -0.2) is 9.67 Å². The summed E-state index contributed by atoms with van der Waals surface area (Å²) in [7, 11) is 0. The first-order chi connectivity index (χ1) is 10.4. The third-order valence-corrected chi connectivity index (χ3v) is 4.25. The maximum atomic E-state index is 4.70. The largest absolute Gasteiger partial charge is 0.370 e. The zero-order valence-electron chi connectivity index (χ0n) is 12.1. The Hall–Kier alpha value is -2.36. The maximum Gasteiger partial charge on any atom is 0.183 e. The lowest BCUT2D eigenvalue weighted by molar-refractivity contribution is 0.485. The Morgan fingerprint density at radius 3 is 2.90 bits per heavy atom. The Labute approximate surface area is 123 Å². The molecular formula is C17H18N4. The van der Waals surface area contributed by atoms with Crippen LogP contribution in [0.25, 0.3) is 11.0 Å². The molecule has 0 fully saturated rings. The van der Waals surface area contributed by atoms with Crippen molar-refractivity contribution in [3.63, 3.8) is 0 Å². The highest BCUT2D eigenvalue weighted by molar-refractivity contribution is 5.87. The number of nitrogens with zero attached hydrogens (tertiary/aromatic N) is 3. The van der Waals surface area contributed by atoms with Gasteiger partial charge in [0.1, 0.15) is 5.82 Å². The van der Waals surface area contributed by atoms with Crippen molar-refractivity contribution in [1.29, 1.82) is 0 Å². The number of hydrogen-bond acceptors (Lipinski definition) is 3. The van der Waals surface area contributed by atoms with Crippen molar-refractivity contribution in [1.82, 2.24) is 14.8 Å². The predicted octanol–water partition coefficient (Wildman–Crippen LogP) is 3.40. The van der Waals surface area contributed by atoms with Crippen molar-refractivity contribution in [3.8, 4) is 0 Å². The van der Waals surface area contributed by atoms with Gasteiger partial charge in [0.15, 0.2) is 5.65 Å². The van der Waals surface area contributed by atoms with Crippen LogP contribution in [0.15, 0.2) is 42.6 Å². The molecule has 1 aromatic carbocycles. The standard InChI is InChI=1S/C17H18N4/c1-2-12-5-7-13(8-6-12)15-9-11-19-17-14-4-3-10-18-16(14)20-21(15)17/h3-8,10,15,19H,2,9,11H2,1H3. The van der Waals surface area contributed by atoms with E-state index in [9.17, 15) is 0 Å². The molecule has 0 bridgehead atoms. The number of anilines is 1. The molecule has 0 aliphatic carbocycles. The van der Waals surface area contributed by atoms with E-state index in [-0.39, 0.29) is 0 Å². The highest BCUT2D eigenvalue weighted by atomic mass is 15.4. The van der Waals surface area contributed by atoms with Crippen LogP contribution in [0, 0.1) is 0 Å². The molecule has 1 N–H and O–H groups in total. The molecular weight excluding hydrogens is 260 g/mol. The summed E-state index contributed by atoms with van der Waals surface area (Å²) < 4.78 is 2.10. The van der Waals surface area contributed by atoms with Gasteiger partial charge in [0.2, 0.25) is 0 Å². The second kappa shape index (κ2) is 4.88. The Balaban J connectivity index is 1.82. The number of nitrogens with one attached hydrogen (secondary N) is 1. The second-order valence-electron chi connectivity index (χ2n) is 5.49. The molecule has 1 atom stereocenters. The Kier molecular flexibility index (Phi) is 2.88. The molecule has 4 rings (SSSR count). The lowest BCUT2D eigenvalue weighted by Crippen LogP contribution is -2.24. The fourth-order valence-corrected chi connectivity index (χ4v) is 3.07. The van der Waals surface area contributed by atoms with Gasteiger partial charge in [-0.2, -0.15) is 0 Å². The van der Waals surface area contributed by atoms with E-state index >= 15 is 0 Å². The Bertz CT molecular complexity index is 773. The number of hydrogen-bond donors (Lipinski definition) is 1. The number of pyridine rings is 1. The van der Waals surface area contributed by atoms with Crippen LogP contribution in [0.3, 0.4) is 0 Å². The van der Waals surface area contributed by atoms with Crippen LogP contribution in [0.1, 0.15) is 30.5 Å². The van der Waals surface area contributed by atoms with Gasteiger partial charge < -0.3 is 5.32 Å². The SMILES string of the molecule is CCc1ccc(C2CCNc3c4cccnc4nn32)cc1. The molecule has 0 saturated carbocycles. The first-order valence-corrected chi connectivity index (χ1v) is 7.53. The van der Waals surface area contributed by atoms with Gasteiger partial charge >= 0.3 is 0 Å². The summed E-state index contributed by atoms with van der Waals surface area (Å²) in [6.07, 6.45) is 3.92. The van der Waals surface area contributed by atoms with Crippen LogP contribution in [0.5, 0.6) is 0 Å². The third kappa shape index (κ3) is 1.98. The summed E-state index contributed by atoms with van der Waals surface area (Å²) in [6, 6.07) is 13.2. The van der Waals surface area contributed by atoms with Gasteiger partial charge in [-0.05, 0) is 36.1 Å². The number of aryl methyl sites for hydroxylation is 1. The van der Waals surface area contributed by atoms with Crippen LogP contribution in [0.2, 0.25) is 0 Å². The highest BCUT2D eigenvalue weighted by Gasteiger charge is 2.24. The summed E-state index contributed by atoms with van der Waals surface area (Å²) in [6.45, 7) is 3.15. The minimum absolute atomic E-state index is 0.293. The molecule has 1 aliphatic heterocycles. The van der Waals surface area contributed by atoms with Gasteiger partial charge in [-0.15, -0.1) is 5.10 Å². The van der Waals surface area contributed by atoms with E-state index in [1.54, 1.807) is 6.20 Å². The molecule has 4 heteroatoms. The fourth-order valence-electron chi connectivity index (χ4n) is 3.07. The van der Waals surface area contributed by atoms with Crippen molar-refractivity contribution < 1.29 is 0 Å². The minimum Gasteiger partial charge on any atom is -0.370 e. The summed E-state index contributed by atoms with van der Waals surface area (Å²) in [5.41, 5.74) is 3.51. The summed E-state index contributed by atoms with van der Waals surface area (Å²) in [4.78, 5) is 4.37. The average Bonchev–Trinajstić information content (AvgIpc) is 2.94. The van der Waals surface area contributed by atoms with Crippen LogP contribution in [-0.4, -0.2) is 21.3 Å². The summed E-state index contributed by atoms with van der Waals surface area (Å²) in [5, 5.41) is 9.27. The maximum absolute atomic E-state index is 4.70. The average molecular weight is 278 g/mol. The smallest absolute Gasteiger partial charge is 0.183 e. The number of fused-ring (bicyclic) bond motifs is 3. The molecule has 21 heavy (non-hydrogen) atoms. The van der Waals surface area contributed by atoms with Gasteiger partial charge in [-0.1, -0.05) is 31.2 Å². The van der Waals surface area contributed by atoms with Crippen molar-refractivity contribution in [3.05, 3.63) is 53.7 Å². The molecule has 0 saturated heterocycles. The molecule has 0 amide bonds. The molecule has 1 aliphatic rings. The highest BCUT2D eigenvalue weighted by Crippen LogP contribution is 2.33. The van der Waals surface area contributed by atoms with Crippen LogP contribution < -0.4 is 5.32 Å². The van der Waals surface area contributed by atoms with E-state index in [4.69, 9.17) is 5.10 Å². The van der Waals surface area contributed by atoms with Crippen LogP contribution >= 0.6 is 0 Å². The molecule has 0 spiro atoms. The second-order valence-corrected chi connectivity index (χ2v) is 5.49. The van der Waals surface area contributed by atoms with E-state index in [1.807, 2.05) is 6.07 Å². The molecule has 106 valence electrons. The quantitative estimate of drug-likeness (QED) is 0.781. The Morgan fingerprint density at radius 2 is 2.10 bits per heavy atom. The van der Waals surface area contributed by atoms with E-state index in [1.165, 1.54) is 11.1 Å². The summed E-state index contributed by atoms with van der Waals surface area (Å²) >= 11 is 0.